The number of carbonyl (C=O) groups excluding carboxylic acids is 1. The van der Waals surface area contributed by atoms with Gasteiger partial charge in [0.15, 0.2) is 0 Å². The molecule has 1 heterocycles. The van der Waals surface area contributed by atoms with Crippen molar-refractivity contribution >= 4 is 5.91 Å². The molecule has 1 aliphatic heterocycles. The molecule has 0 aromatic rings. The average molecular weight is 181 g/mol. The highest BCUT2D eigenvalue weighted by Crippen LogP contribution is 2.23. The van der Waals surface area contributed by atoms with Gasteiger partial charge < -0.3 is 4.90 Å². The smallest absolute Gasteiger partial charge is 0.249 e. The van der Waals surface area contributed by atoms with Crippen LogP contribution in [0.2, 0.25) is 0 Å². The first-order valence-corrected chi connectivity index (χ1v) is 5.02. The van der Waals surface area contributed by atoms with Gasteiger partial charge in [0.2, 0.25) is 5.91 Å². The van der Waals surface area contributed by atoms with Gasteiger partial charge in [0.1, 0.15) is 0 Å². The monoisotopic (exact) mass is 181 g/mol. The molecular formula is C11H19NO. The van der Waals surface area contributed by atoms with Crippen LogP contribution in [0, 0.1) is 0 Å². The first-order valence-electron chi connectivity index (χ1n) is 5.02. The standard InChI is InChI=1S/C11H19NO/c1-8(2)11(13)12-9(3)6-5-7-10(12)4/h9-10H,1,5-7H2,2-4H3. The summed E-state index contributed by atoms with van der Waals surface area (Å²) in [6, 6.07) is 0.765. The van der Waals surface area contributed by atoms with Crippen molar-refractivity contribution in [3.8, 4) is 0 Å². The molecule has 1 aliphatic rings. The quantitative estimate of drug-likeness (QED) is 0.569. The van der Waals surface area contributed by atoms with Crippen LogP contribution in [0.4, 0.5) is 0 Å². The van der Waals surface area contributed by atoms with Crippen molar-refractivity contribution in [2.24, 2.45) is 0 Å². The molecule has 74 valence electrons. The lowest BCUT2D eigenvalue weighted by Crippen LogP contribution is -2.47. The Hall–Kier alpha value is -0.790. The van der Waals surface area contributed by atoms with E-state index in [-0.39, 0.29) is 5.91 Å². The number of amides is 1. The molecule has 1 saturated heterocycles. The first-order chi connectivity index (χ1) is 6.04. The van der Waals surface area contributed by atoms with Gasteiger partial charge in [-0.25, -0.2) is 0 Å². The highest BCUT2D eigenvalue weighted by molar-refractivity contribution is 5.92. The lowest BCUT2D eigenvalue weighted by atomic mass is 9.97. The Balaban J connectivity index is 2.74. The van der Waals surface area contributed by atoms with Crippen LogP contribution in [0.25, 0.3) is 0 Å². The molecule has 0 aromatic carbocycles. The van der Waals surface area contributed by atoms with E-state index in [9.17, 15) is 4.79 Å². The van der Waals surface area contributed by atoms with Gasteiger partial charge in [0, 0.05) is 17.7 Å². The normalized spacial score (nSPS) is 28.7. The van der Waals surface area contributed by atoms with E-state index < -0.39 is 0 Å². The van der Waals surface area contributed by atoms with E-state index in [2.05, 4.69) is 20.4 Å². The molecule has 1 fully saturated rings. The Kier molecular flexibility index (Phi) is 3.12. The predicted octanol–water partition coefficient (Wildman–Crippen LogP) is 2.35. The summed E-state index contributed by atoms with van der Waals surface area (Å²) >= 11 is 0. The zero-order valence-electron chi connectivity index (χ0n) is 8.84. The Bertz CT molecular complexity index is 212. The van der Waals surface area contributed by atoms with Crippen molar-refractivity contribution in [3.05, 3.63) is 12.2 Å². The minimum atomic E-state index is 0.125. The number of hydrogen-bond acceptors (Lipinski definition) is 1. The Labute approximate surface area is 80.6 Å². The molecule has 1 rings (SSSR count). The molecule has 0 N–H and O–H groups in total. The third-order valence-electron chi connectivity index (χ3n) is 2.79. The van der Waals surface area contributed by atoms with Crippen LogP contribution in [0.5, 0.6) is 0 Å². The van der Waals surface area contributed by atoms with Crippen LogP contribution in [0.15, 0.2) is 12.2 Å². The average Bonchev–Trinajstić information content (AvgIpc) is 2.03. The lowest BCUT2D eigenvalue weighted by molar-refractivity contribution is -0.132. The first kappa shape index (κ1) is 10.3. The van der Waals surface area contributed by atoms with Crippen LogP contribution in [0.1, 0.15) is 40.0 Å². The van der Waals surface area contributed by atoms with E-state index in [0.29, 0.717) is 17.7 Å². The minimum Gasteiger partial charge on any atom is -0.334 e. The molecule has 0 aromatic heterocycles. The number of nitrogens with zero attached hydrogens (tertiary/aromatic N) is 1. The second-order valence-corrected chi connectivity index (χ2v) is 4.12. The Morgan fingerprint density at radius 1 is 1.31 bits per heavy atom. The van der Waals surface area contributed by atoms with Crippen LogP contribution in [-0.4, -0.2) is 22.9 Å². The zero-order valence-corrected chi connectivity index (χ0v) is 8.84. The van der Waals surface area contributed by atoms with Gasteiger partial charge in [-0.2, -0.15) is 0 Å². The van der Waals surface area contributed by atoms with Crippen molar-refractivity contribution in [1.29, 1.82) is 0 Å². The second kappa shape index (κ2) is 3.95. The van der Waals surface area contributed by atoms with E-state index in [1.54, 1.807) is 6.92 Å². The fraction of sp³-hybridized carbons (Fsp3) is 0.727. The van der Waals surface area contributed by atoms with Crippen LogP contribution >= 0.6 is 0 Å². The lowest BCUT2D eigenvalue weighted by Gasteiger charge is -2.39. The van der Waals surface area contributed by atoms with E-state index in [1.165, 1.54) is 6.42 Å². The summed E-state index contributed by atoms with van der Waals surface area (Å²) in [5, 5.41) is 0. The van der Waals surface area contributed by atoms with E-state index in [4.69, 9.17) is 0 Å². The van der Waals surface area contributed by atoms with Gasteiger partial charge in [0.25, 0.3) is 0 Å². The summed E-state index contributed by atoms with van der Waals surface area (Å²) in [6.45, 7) is 9.74. The number of rotatable bonds is 1. The fourth-order valence-corrected chi connectivity index (χ4v) is 2.04. The molecule has 2 nitrogen and oxygen atoms in total. The van der Waals surface area contributed by atoms with Crippen LogP contribution in [0.3, 0.4) is 0 Å². The molecule has 1 amide bonds. The van der Waals surface area contributed by atoms with Crippen molar-refractivity contribution < 1.29 is 4.79 Å². The fourth-order valence-electron chi connectivity index (χ4n) is 2.04. The molecular weight excluding hydrogens is 162 g/mol. The molecule has 13 heavy (non-hydrogen) atoms. The third-order valence-corrected chi connectivity index (χ3v) is 2.79. The molecule has 0 bridgehead atoms. The maximum atomic E-state index is 11.7. The maximum absolute atomic E-state index is 11.7. The largest absolute Gasteiger partial charge is 0.334 e. The summed E-state index contributed by atoms with van der Waals surface area (Å²) in [7, 11) is 0. The maximum Gasteiger partial charge on any atom is 0.249 e. The van der Waals surface area contributed by atoms with Crippen LogP contribution in [-0.2, 0) is 4.79 Å². The second-order valence-electron chi connectivity index (χ2n) is 4.12. The van der Waals surface area contributed by atoms with Gasteiger partial charge in [0.05, 0.1) is 0 Å². The van der Waals surface area contributed by atoms with Crippen molar-refractivity contribution in [2.45, 2.75) is 52.1 Å². The number of piperidine rings is 1. The third kappa shape index (κ3) is 2.11. The van der Waals surface area contributed by atoms with Crippen molar-refractivity contribution in [3.63, 3.8) is 0 Å². The molecule has 0 radical (unpaired) electrons. The summed E-state index contributed by atoms with van der Waals surface area (Å²) < 4.78 is 0. The van der Waals surface area contributed by atoms with Crippen molar-refractivity contribution in [1.82, 2.24) is 4.90 Å². The summed E-state index contributed by atoms with van der Waals surface area (Å²) in [5.74, 6) is 0.125. The molecule has 0 spiro atoms. The molecule has 2 heteroatoms. The topological polar surface area (TPSA) is 20.3 Å². The van der Waals surface area contributed by atoms with Crippen LogP contribution < -0.4 is 0 Å². The highest BCUT2D eigenvalue weighted by Gasteiger charge is 2.28. The predicted molar refractivity (Wildman–Crippen MR) is 54.4 cm³/mol. The Morgan fingerprint density at radius 2 is 1.77 bits per heavy atom. The van der Waals surface area contributed by atoms with Gasteiger partial charge in [-0.3, -0.25) is 4.79 Å². The SMILES string of the molecule is C=C(C)C(=O)N1C(C)CCCC1C. The summed E-state index contributed by atoms with van der Waals surface area (Å²) in [4.78, 5) is 13.7. The molecule has 0 aliphatic carbocycles. The van der Waals surface area contributed by atoms with E-state index >= 15 is 0 Å². The van der Waals surface area contributed by atoms with E-state index in [0.717, 1.165) is 12.8 Å². The Morgan fingerprint density at radius 3 is 2.15 bits per heavy atom. The summed E-state index contributed by atoms with van der Waals surface area (Å²) in [5.41, 5.74) is 0.653. The van der Waals surface area contributed by atoms with Gasteiger partial charge >= 0.3 is 0 Å². The van der Waals surface area contributed by atoms with Crippen molar-refractivity contribution in [2.75, 3.05) is 0 Å². The minimum absolute atomic E-state index is 0.125. The molecule has 0 saturated carbocycles. The van der Waals surface area contributed by atoms with E-state index in [1.807, 2.05) is 4.90 Å². The number of likely N-dealkylation sites (tertiary alicyclic amines) is 1. The zero-order chi connectivity index (χ0) is 10.0. The molecule has 2 atom stereocenters. The molecule has 2 unspecified atom stereocenters. The highest BCUT2D eigenvalue weighted by atomic mass is 16.2. The van der Waals surface area contributed by atoms with Gasteiger partial charge in [-0.1, -0.05) is 6.58 Å². The number of hydrogen-bond donors (Lipinski definition) is 0. The van der Waals surface area contributed by atoms with Gasteiger partial charge in [-0.15, -0.1) is 0 Å². The summed E-state index contributed by atoms with van der Waals surface area (Å²) in [6.07, 6.45) is 3.50. The number of carbonyl (C=O) groups is 1. The van der Waals surface area contributed by atoms with Gasteiger partial charge in [-0.05, 0) is 40.0 Å².